The first-order valence-electron chi connectivity index (χ1n) is 5.10. The molecule has 17 heavy (non-hydrogen) atoms. The molecule has 0 amide bonds. The number of halogens is 1. The first-order chi connectivity index (χ1) is 8.08. The van der Waals surface area contributed by atoms with E-state index >= 15 is 0 Å². The molecule has 2 aromatic heterocycles. The van der Waals surface area contributed by atoms with Crippen molar-refractivity contribution in [3.8, 4) is 0 Å². The molecule has 7 heteroatoms. The zero-order valence-corrected chi connectivity index (χ0v) is 12.1. The van der Waals surface area contributed by atoms with E-state index in [0.29, 0.717) is 16.2 Å². The van der Waals surface area contributed by atoms with Gasteiger partial charge < -0.3 is 0 Å². The number of rotatable bonds is 3. The standard InChI is InChI=1S/C10H12ClN3OS2/c1-5(2)14-6(4-11)12-8-7(9(14)15)13-10(16-3)17-8/h5H,4H2,1-3H3. The van der Waals surface area contributed by atoms with Gasteiger partial charge in [0.25, 0.3) is 5.56 Å². The normalized spacial score (nSPS) is 11.6. The fraction of sp³-hybridized carbons (Fsp3) is 0.500. The summed E-state index contributed by atoms with van der Waals surface area (Å²) in [4.78, 5) is 21.7. The minimum Gasteiger partial charge on any atom is -0.291 e. The lowest BCUT2D eigenvalue weighted by atomic mass is 10.3. The van der Waals surface area contributed by atoms with E-state index in [1.165, 1.54) is 23.1 Å². The molecular formula is C10H12ClN3OS2. The van der Waals surface area contributed by atoms with Crippen LogP contribution < -0.4 is 5.56 Å². The Bertz CT molecular complexity index is 605. The summed E-state index contributed by atoms with van der Waals surface area (Å²) in [6.07, 6.45) is 1.93. The summed E-state index contributed by atoms with van der Waals surface area (Å²) < 4.78 is 2.46. The van der Waals surface area contributed by atoms with Crippen molar-refractivity contribution < 1.29 is 0 Å². The largest absolute Gasteiger partial charge is 0.291 e. The number of alkyl halides is 1. The van der Waals surface area contributed by atoms with Crippen LogP contribution in [0.4, 0.5) is 0 Å². The zero-order chi connectivity index (χ0) is 12.6. The number of hydrogen-bond acceptors (Lipinski definition) is 5. The Morgan fingerprint density at radius 3 is 2.71 bits per heavy atom. The van der Waals surface area contributed by atoms with Gasteiger partial charge in [0.1, 0.15) is 5.82 Å². The van der Waals surface area contributed by atoms with Crippen LogP contribution in [-0.4, -0.2) is 20.8 Å². The van der Waals surface area contributed by atoms with Crippen molar-refractivity contribution in [3.05, 3.63) is 16.2 Å². The number of aromatic nitrogens is 3. The summed E-state index contributed by atoms with van der Waals surface area (Å²) in [7, 11) is 0. The van der Waals surface area contributed by atoms with Gasteiger partial charge in [0.15, 0.2) is 14.7 Å². The number of thioether (sulfide) groups is 1. The first-order valence-corrected chi connectivity index (χ1v) is 7.68. The molecule has 2 rings (SSSR count). The van der Waals surface area contributed by atoms with Crippen LogP contribution in [0.25, 0.3) is 10.3 Å². The summed E-state index contributed by atoms with van der Waals surface area (Å²) in [6, 6.07) is 0.0348. The van der Waals surface area contributed by atoms with Crippen LogP contribution in [0.15, 0.2) is 9.13 Å². The molecule has 0 saturated heterocycles. The molecule has 0 atom stereocenters. The SMILES string of the molecule is CSc1nc2c(=O)n(C(C)C)c(CCl)nc2s1. The lowest BCUT2D eigenvalue weighted by Gasteiger charge is -2.13. The molecule has 0 N–H and O–H groups in total. The third-order valence-corrected chi connectivity index (χ3v) is 4.50. The van der Waals surface area contributed by atoms with Crippen molar-refractivity contribution in [2.45, 2.75) is 30.1 Å². The van der Waals surface area contributed by atoms with E-state index in [-0.39, 0.29) is 17.5 Å². The molecule has 4 nitrogen and oxygen atoms in total. The second-order valence-electron chi connectivity index (χ2n) is 3.77. The van der Waals surface area contributed by atoms with Crippen LogP contribution in [0, 0.1) is 0 Å². The molecular weight excluding hydrogens is 278 g/mol. The van der Waals surface area contributed by atoms with Crippen molar-refractivity contribution in [1.82, 2.24) is 14.5 Å². The lowest BCUT2D eigenvalue weighted by Crippen LogP contribution is -2.26. The molecule has 0 spiro atoms. The van der Waals surface area contributed by atoms with Gasteiger partial charge >= 0.3 is 0 Å². The van der Waals surface area contributed by atoms with Crippen LogP contribution >= 0.6 is 34.7 Å². The zero-order valence-electron chi connectivity index (χ0n) is 9.73. The highest BCUT2D eigenvalue weighted by atomic mass is 35.5. The van der Waals surface area contributed by atoms with Gasteiger partial charge in [-0.15, -0.1) is 11.6 Å². The smallest absolute Gasteiger partial charge is 0.281 e. The van der Waals surface area contributed by atoms with E-state index in [0.717, 1.165) is 4.34 Å². The van der Waals surface area contributed by atoms with Crippen molar-refractivity contribution in [3.63, 3.8) is 0 Å². The quantitative estimate of drug-likeness (QED) is 0.644. The molecule has 0 saturated carbocycles. The van der Waals surface area contributed by atoms with Crippen LogP contribution in [0.5, 0.6) is 0 Å². The van der Waals surface area contributed by atoms with Gasteiger partial charge in [-0.25, -0.2) is 9.97 Å². The average molecular weight is 290 g/mol. The Kier molecular flexibility index (Phi) is 3.75. The second-order valence-corrected chi connectivity index (χ2v) is 6.07. The van der Waals surface area contributed by atoms with Gasteiger partial charge in [-0.3, -0.25) is 9.36 Å². The minimum absolute atomic E-state index is 0.0348. The molecule has 0 aliphatic rings. The van der Waals surface area contributed by atoms with E-state index < -0.39 is 0 Å². The Morgan fingerprint density at radius 1 is 1.47 bits per heavy atom. The maximum absolute atomic E-state index is 12.3. The van der Waals surface area contributed by atoms with E-state index in [9.17, 15) is 4.79 Å². The number of nitrogens with zero attached hydrogens (tertiary/aromatic N) is 3. The summed E-state index contributed by atoms with van der Waals surface area (Å²) in [5.41, 5.74) is 0.346. The van der Waals surface area contributed by atoms with Gasteiger partial charge in [-0.1, -0.05) is 23.1 Å². The molecule has 2 heterocycles. The van der Waals surface area contributed by atoms with Crippen LogP contribution in [-0.2, 0) is 5.88 Å². The number of thiazole rings is 1. The van der Waals surface area contributed by atoms with E-state index in [1.54, 1.807) is 4.57 Å². The Balaban J connectivity index is 2.81. The van der Waals surface area contributed by atoms with E-state index in [2.05, 4.69) is 9.97 Å². The first kappa shape index (κ1) is 12.9. The Hall–Kier alpha value is -0.590. The Labute approximate surface area is 112 Å². The molecule has 0 aromatic carbocycles. The fourth-order valence-corrected chi connectivity index (χ4v) is 3.25. The predicted octanol–water partition coefficient (Wildman–Crippen LogP) is 2.89. The van der Waals surface area contributed by atoms with Crippen LogP contribution in [0.1, 0.15) is 25.7 Å². The number of hydrogen-bond donors (Lipinski definition) is 0. The van der Waals surface area contributed by atoms with Crippen molar-refractivity contribution in [2.75, 3.05) is 6.26 Å². The van der Waals surface area contributed by atoms with Gasteiger partial charge in [0.2, 0.25) is 0 Å². The van der Waals surface area contributed by atoms with E-state index in [4.69, 9.17) is 11.6 Å². The van der Waals surface area contributed by atoms with Gasteiger partial charge in [-0.2, -0.15) is 0 Å². The molecule has 0 fully saturated rings. The third-order valence-electron chi connectivity index (χ3n) is 2.33. The molecule has 0 aliphatic carbocycles. The second kappa shape index (κ2) is 4.96. The van der Waals surface area contributed by atoms with Crippen molar-refractivity contribution in [1.29, 1.82) is 0 Å². The summed E-state index contributed by atoms with van der Waals surface area (Å²) in [5, 5.41) is 0. The molecule has 0 bridgehead atoms. The molecule has 0 aliphatic heterocycles. The molecule has 2 aromatic rings. The minimum atomic E-state index is -0.0998. The topological polar surface area (TPSA) is 47.8 Å². The van der Waals surface area contributed by atoms with Crippen LogP contribution in [0.2, 0.25) is 0 Å². The molecule has 0 unspecified atom stereocenters. The number of fused-ring (bicyclic) bond motifs is 1. The van der Waals surface area contributed by atoms with Crippen molar-refractivity contribution in [2.24, 2.45) is 0 Å². The van der Waals surface area contributed by atoms with E-state index in [1.807, 2.05) is 20.1 Å². The highest BCUT2D eigenvalue weighted by Crippen LogP contribution is 2.25. The monoisotopic (exact) mass is 289 g/mol. The molecule has 92 valence electrons. The third kappa shape index (κ3) is 2.21. The Morgan fingerprint density at radius 2 is 2.18 bits per heavy atom. The maximum atomic E-state index is 12.3. The van der Waals surface area contributed by atoms with Gasteiger partial charge in [0.05, 0.1) is 5.88 Å². The lowest BCUT2D eigenvalue weighted by molar-refractivity contribution is 0.551. The summed E-state index contributed by atoms with van der Waals surface area (Å²) >= 11 is 8.79. The average Bonchev–Trinajstić information content (AvgIpc) is 2.71. The summed E-state index contributed by atoms with van der Waals surface area (Å²) in [5.74, 6) is 0.839. The van der Waals surface area contributed by atoms with Crippen LogP contribution in [0.3, 0.4) is 0 Å². The highest BCUT2D eigenvalue weighted by molar-refractivity contribution is 8.00. The van der Waals surface area contributed by atoms with Crippen molar-refractivity contribution >= 4 is 45.0 Å². The maximum Gasteiger partial charge on any atom is 0.281 e. The molecule has 0 radical (unpaired) electrons. The van der Waals surface area contributed by atoms with Gasteiger partial charge in [-0.05, 0) is 20.1 Å². The van der Waals surface area contributed by atoms with Gasteiger partial charge in [0, 0.05) is 6.04 Å². The summed E-state index contributed by atoms with van der Waals surface area (Å²) in [6.45, 7) is 3.87. The fourth-order valence-electron chi connectivity index (χ4n) is 1.62. The predicted molar refractivity (Wildman–Crippen MR) is 73.4 cm³/mol. The highest BCUT2D eigenvalue weighted by Gasteiger charge is 2.16.